The van der Waals surface area contributed by atoms with E-state index in [-0.39, 0.29) is 18.8 Å². The van der Waals surface area contributed by atoms with Gasteiger partial charge in [0.25, 0.3) is 0 Å². The third-order valence-electron chi connectivity index (χ3n) is 7.50. The van der Waals surface area contributed by atoms with Crippen LogP contribution in [0.4, 0.5) is 0 Å². The van der Waals surface area contributed by atoms with Gasteiger partial charge in [0.2, 0.25) is 0 Å². The highest BCUT2D eigenvalue weighted by molar-refractivity contribution is 7.98. The van der Waals surface area contributed by atoms with Crippen LogP contribution in [-0.2, 0) is 21.6 Å². The molecule has 3 aromatic heterocycles. The summed E-state index contributed by atoms with van der Waals surface area (Å²) in [6, 6.07) is 22.5. The standard InChI is InChI=1S/C34H34N4O3S/c1-3-23-10-12-26(13-11-23)32-31-28(34(39)40-4-2)20-29(36-33(31)38(37-32)30-9-5-6-19-41-30)25-14-16-27(17-15-25)42-22-24-8-7-18-35-21-24/h7-8,10-18,20-21,30H,3-6,9,19,22H2,1-2H3. The van der Waals surface area contributed by atoms with Gasteiger partial charge in [-0.1, -0.05) is 49.4 Å². The van der Waals surface area contributed by atoms with Gasteiger partial charge in [0, 0.05) is 40.8 Å². The number of aryl methyl sites for hydroxylation is 1. The second-order valence-corrected chi connectivity index (χ2v) is 11.4. The molecule has 0 amide bonds. The van der Waals surface area contributed by atoms with E-state index in [2.05, 4.69) is 66.5 Å². The number of esters is 1. The zero-order valence-corrected chi connectivity index (χ0v) is 24.8. The van der Waals surface area contributed by atoms with Crippen molar-refractivity contribution in [2.45, 2.75) is 56.4 Å². The summed E-state index contributed by atoms with van der Waals surface area (Å²) in [5.74, 6) is 0.456. The van der Waals surface area contributed by atoms with Crippen LogP contribution in [-0.4, -0.2) is 38.9 Å². The van der Waals surface area contributed by atoms with E-state index < -0.39 is 0 Å². The first kappa shape index (κ1) is 28.1. The first-order chi connectivity index (χ1) is 20.6. The first-order valence-electron chi connectivity index (χ1n) is 14.6. The highest BCUT2D eigenvalue weighted by Gasteiger charge is 2.27. The van der Waals surface area contributed by atoms with Crippen LogP contribution in [0.2, 0.25) is 0 Å². The lowest BCUT2D eigenvalue weighted by molar-refractivity contribution is -0.0368. The molecule has 1 atom stereocenters. The molecule has 42 heavy (non-hydrogen) atoms. The summed E-state index contributed by atoms with van der Waals surface area (Å²) in [5, 5.41) is 5.75. The van der Waals surface area contributed by atoms with Gasteiger partial charge in [0.15, 0.2) is 11.9 Å². The Hall–Kier alpha value is -4.01. The number of hydrogen-bond acceptors (Lipinski definition) is 7. The average molecular weight is 579 g/mol. The molecule has 5 aromatic rings. The maximum atomic E-state index is 13.5. The molecule has 214 valence electrons. The smallest absolute Gasteiger partial charge is 0.339 e. The molecular weight excluding hydrogens is 544 g/mol. The van der Waals surface area contributed by atoms with E-state index in [0.29, 0.717) is 34.6 Å². The molecule has 1 saturated heterocycles. The predicted molar refractivity (Wildman–Crippen MR) is 166 cm³/mol. The SMILES string of the molecule is CCOC(=O)c1cc(-c2ccc(SCc3cccnc3)cc2)nc2c1c(-c1ccc(CC)cc1)nn2C1CCCCO1. The van der Waals surface area contributed by atoms with Crippen molar-refractivity contribution in [1.82, 2.24) is 19.7 Å². The summed E-state index contributed by atoms with van der Waals surface area (Å²) < 4.78 is 13.6. The van der Waals surface area contributed by atoms with Crippen LogP contribution in [0, 0.1) is 0 Å². The summed E-state index contributed by atoms with van der Waals surface area (Å²) in [4.78, 5) is 23.9. The number of pyridine rings is 2. The number of hydrogen-bond donors (Lipinski definition) is 0. The van der Waals surface area contributed by atoms with Crippen molar-refractivity contribution in [3.8, 4) is 22.5 Å². The van der Waals surface area contributed by atoms with E-state index in [0.717, 1.165) is 47.5 Å². The Kier molecular flexibility index (Phi) is 8.63. The fourth-order valence-corrected chi connectivity index (χ4v) is 6.08. The molecular formula is C34H34N4O3S. The van der Waals surface area contributed by atoms with Crippen molar-refractivity contribution >= 4 is 28.8 Å². The minimum Gasteiger partial charge on any atom is -0.462 e. The molecule has 0 radical (unpaired) electrons. The Morgan fingerprint density at radius 3 is 2.52 bits per heavy atom. The number of carbonyl (C=O) groups excluding carboxylic acids is 1. The van der Waals surface area contributed by atoms with Crippen molar-refractivity contribution in [3.63, 3.8) is 0 Å². The summed E-state index contributed by atoms with van der Waals surface area (Å²) in [7, 11) is 0. The summed E-state index contributed by atoms with van der Waals surface area (Å²) in [6.07, 6.45) is 7.31. The number of aromatic nitrogens is 4. The monoisotopic (exact) mass is 578 g/mol. The molecule has 1 aliphatic rings. The van der Waals surface area contributed by atoms with Crippen LogP contribution in [0.1, 0.15) is 60.8 Å². The minimum absolute atomic E-state index is 0.242. The molecule has 1 unspecified atom stereocenters. The fourth-order valence-electron chi connectivity index (χ4n) is 5.24. The van der Waals surface area contributed by atoms with Crippen LogP contribution in [0.3, 0.4) is 0 Å². The number of ether oxygens (including phenoxy) is 2. The lowest BCUT2D eigenvalue weighted by atomic mass is 10.0. The second-order valence-electron chi connectivity index (χ2n) is 10.3. The van der Waals surface area contributed by atoms with Crippen molar-refractivity contribution in [1.29, 1.82) is 0 Å². The van der Waals surface area contributed by atoms with E-state index in [4.69, 9.17) is 19.6 Å². The average Bonchev–Trinajstić information content (AvgIpc) is 3.44. The third-order valence-corrected chi connectivity index (χ3v) is 8.58. The van der Waals surface area contributed by atoms with Crippen LogP contribution in [0.5, 0.6) is 0 Å². The third kappa shape index (κ3) is 5.96. The zero-order chi connectivity index (χ0) is 28.9. The van der Waals surface area contributed by atoms with Gasteiger partial charge >= 0.3 is 5.97 Å². The summed E-state index contributed by atoms with van der Waals surface area (Å²) in [5.41, 5.74) is 6.77. The Balaban J connectivity index is 1.45. The molecule has 0 N–H and O–H groups in total. The Labute approximate surface area is 250 Å². The highest BCUT2D eigenvalue weighted by atomic mass is 32.2. The predicted octanol–water partition coefficient (Wildman–Crippen LogP) is 7.89. The molecule has 6 rings (SSSR count). The van der Waals surface area contributed by atoms with E-state index in [1.165, 1.54) is 11.1 Å². The number of fused-ring (bicyclic) bond motifs is 1. The molecule has 8 heteroatoms. The van der Waals surface area contributed by atoms with Crippen molar-refractivity contribution < 1.29 is 14.3 Å². The van der Waals surface area contributed by atoms with Crippen LogP contribution >= 0.6 is 11.8 Å². The largest absolute Gasteiger partial charge is 0.462 e. The van der Waals surface area contributed by atoms with E-state index >= 15 is 0 Å². The van der Waals surface area contributed by atoms with Crippen LogP contribution < -0.4 is 0 Å². The molecule has 2 aromatic carbocycles. The molecule has 0 bridgehead atoms. The molecule has 0 spiro atoms. The van der Waals surface area contributed by atoms with E-state index in [1.54, 1.807) is 18.0 Å². The van der Waals surface area contributed by atoms with Gasteiger partial charge in [-0.05, 0) is 68.0 Å². The molecule has 7 nitrogen and oxygen atoms in total. The Bertz CT molecular complexity index is 1660. The maximum absolute atomic E-state index is 13.5. The minimum atomic E-state index is -0.384. The van der Waals surface area contributed by atoms with Gasteiger partial charge < -0.3 is 9.47 Å². The van der Waals surface area contributed by atoms with Gasteiger partial charge in [-0.15, -0.1) is 11.8 Å². The number of rotatable bonds is 9. The van der Waals surface area contributed by atoms with E-state index in [9.17, 15) is 4.79 Å². The van der Waals surface area contributed by atoms with Crippen molar-refractivity contribution in [2.75, 3.05) is 13.2 Å². The molecule has 4 heterocycles. The van der Waals surface area contributed by atoms with Crippen molar-refractivity contribution in [2.24, 2.45) is 0 Å². The number of thioether (sulfide) groups is 1. The van der Waals surface area contributed by atoms with Gasteiger partial charge in [-0.2, -0.15) is 5.10 Å². The topological polar surface area (TPSA) is 79.1 Å². The Morgan fingerprint density at radius 1 is 1.02 bits per heavy atom. The number of nitrogens with zero attached hydrogens (tertiary/aromatic N) is 4. The molecule has 0 saturated carbocycles. The lowest BCUT2D eigenvalue weighted by Crippen LogP contribution is -2.19. The molecule has 1 fully saturated rings. The summed E-state index contributed by atoms with van der Waals surface area (Å²) >= 11 is 1.75. The number of benzene rings is 2. The summed E-state index contributed by atoms with van der Waals surface area (Å²) in [6.45, 7) is 4.91. The molecule has 0 aliphatic carbocycles. The molecule has 1 aliphatic heterocycles. The van der Waals surface area contributed by atoms with Gasteiger partial charge in [0.05, 0.1) is 23.3 Å². The number of carbonyl (C=O) groups is 1. The second kappa shape index (κ2) is 12.9. The zero-order valence-electron chi connectivity index (χ0n) is 24.0. The maximum Gasteiger partial charge on any atom is 0.339 e. The Morgan fingerprint density at radius 2 is 1.83 bits per heavy atom. The lowest BCUT2D eigenvalue weighted by Gasteiger charge is -2.23. The van der Waals surface area contributed by atoms with E-state index in [1.807, 2.05) is 29.9 Å². The first-order valence-corrected chi connectivity index (χ1v) is 15.6. The van der Waals surface area contributed by atoms with Crippen LogP contribution in [0.25, 0.3) is 33.5 Å². The quantitative estimate of drug-likeness (QED) is 0.130. The fraction of sp³-hybridized carbons (Fsp3) is 0.294. The van der Waals surface area contributed by atoms with Gasteiger partial charge in [-0.25, -0.2) is 14.5 Å². The highest BCUT2D eigenvalue weighted by Crippen LogP contribution is 2.37. The van der Waals surface area contributed by atoms with Crippen LogP contribution in [0.15, 0.2) is 84.0 Å². The van der Waals surface area contributed by atoms with Crippen molar-refractivity contribution in [3.05, 3.63) is 95.8 Å². The van der Waals surface area contributed by atoms with Gasteiger partial charge in [-0.3, -0.25) is 4.98 Å². The van der Waals surface area contributed by atoms with Gasteiger partial charge in [0.1, 0.15) is 5.69 Å². The normalized spacial score (nSPS) is 15.1.